The van der Waals surface area contributed by atoms with E-state index < -0.39 is 0 Å². The van der Waals surface area contributed by atoms with Crippen LogP contribution in [0.2, 0.25) is 0 Å². The Morgan fingerprint density at radius 1 is 1.12 bits per heavy atom. The number of morpholine rings is 1. The first kappa shape index (κ1) is 17.0. The molecule has 1 aromatic rings. The van der Waals surface area contributed by atoms with E-state index in [1.165, 1.54) is 0 Å². The summed E-state index contributed by atoms with van der Waals surface area (Å²) >= 11 is 0. The SMILES string of the molecule is O=C(Nc1ccc(OCCN2CCOCC2)cc1)N1CCNCC1. The van der Waals surface area contributed by atoms with Crippen LogP contribution in [0.5, 0.6) is 5.75 Å². The molecule has 2 amide bonds. The highest BCUT2D eigenvalue weighted by Gasteiger charge is 2.16. The maximum Gasteiger partial charge on any atom is 0.321 e. The van der Waals surface area contributed by atoms with Gasteiger partial charge in [-0.1, -0.05) is 0 Å². The minimum Gasteiger partial charge on any atom is -0.492 e. The van der Waals surface area contributed by atoms with Crippen LogP contribution in [0, 0.1) is 0 Å². The lowest BCUT2D eigenvalue weighted by molar-refractivity contribution is 0.0322. The Hall–Kier alpha value is -1.83. The number of benzene rings is 1. The zero-order valence-electron chi connectivity index (χ0n) is 14.0. The van der Waals surface area contributed by atoms with Gasteiger partial charge in [-0.05, 0) is 24.3 Å². The minimum absolute atomic E-state index is 0.0440. The van der Waals surface area contributed by atoms with Gasteiger partial charge in [0.1, 0.15) is 12.4 Å². The first-order valence-electron chi connectivity index (χ1n) is 8.61. The predicted octanol–water partition coefficient (Wildman–Crippen LogP) is 0.835. The Kier molecular flexibility index (Phi) is 6.28. The normalized spacial score (nSPS) is 19.1. The fourth-order valence-electron chi connectivity index (χ4n) is 2.82. The van der Waals surface area contributed by atoms with Gasteiger partial charge in [-0.2, -0.15) is 0 Å². The van der Waals surface area contributed by atoms with Gasteiger partial charge in [0, 0.05) is 51.5 Å². The van der Waals surface area contributed by atoms with Crippen molar-refractivity contribution in [2.24, 2.45) is 0 Å². The van der Waals surface area contributed by atoms with Crippen LogP contribution in [0.25, 0.3) is 0 Å². The van der Waals surface area contributed by atoms with Crippen LogP contribution in [0.3, 0.4) is 0 Å². The molecule has 2 N–H and O–H groups in total. The van der Waals surface area contributed by atoms with Crippen molar-refractivity contribution in [2.45, 2.75) is 0 Å². The summed E-state index contributed by atoms with van der Waals surface area (Å²) in [6.45, 7) is 8.32. The summed E-state index contributed by atoms with van der Waals surface area (Å²) in [6.07, 6.45) is 0. The first-order chi connectivity index (χ1) is 11.8. The van der Waals surface area contributed by atoms with Gasteiger partial charge in [-0.3, -0.25) is 4.90 Å². The van der Waals surface area contributed by atoms with Crippen LogP contribution in [-0.4, -0.2) is 81.5 Å². The molecular weight excluding hydrogens is 308 g/mol. The molecule has 132 valence electrons. The van der Waals surface area contributed by atoms with E-state index in [2.05, 4.69) is 15.5 Å². The molecular formula is C17H26N4O3. The molecule has 2 fully saturated rings. The van der Waals surface area contributed by atoms with Crippen LogP contribution in [0.15, 0.2) is 24.3 Å². The average molecular weight is 334 g/mol. The molecule has 0 bridgehead atoms. The smallest absolute Gasteiger partial charge is 0.321 e. The maximum atomic E-state index is 12.1. The molecule has 7 nitrogen and oxygen atoms in total. The Labute approximate surface area is 142 Å². The number of nitrogens with one attached hydrogen (secondary N) is 2. The van der Waals surface area contributed by atoms with Crippen LogP contribution >= 0.6 is 0 Å². The number of urea groups is 1. The second-order valence-electron chi connectivity index (χ2n) is 5.99. The number of nitrogens with zero attached hydrogens (tertiary/aromatic N) is 2. The Morgan fingerprint density at radius 3 is 2.54 bits per heavy atom. The number of piperazine rings is 1. The molecule has 0 atom stereocenters. The van der Waals surface area contributed by atoms with Crippen LogP contribution < -0.4 is 15.4 Å². The van der Waals surface area contributed by atoms with Crippen LogP contribution in [0.4, 0.5) is 10.5 Å². The van der Waals surface area contributed by atoms with E-state index in [1.807, 2.05) is 29.2 Å². The molecule has 0 aromatic heterocycles. The van der Waals surface area contributed by atoms with Crippen molar-refractivity contribution in [3.63, 3.8) is 0 Å². The molecule has 0 aliphatic carbocycles. The Bertz CT molecular complexity index is 511. The summed E-state index contributed by atoms with van der Waals surface area (Å²) in [5, 5.41) is 6.16. The van der Waals surface area contributed by atoms with E-state index in [4.69, 9.17) is 9.47 Å². The average Bonchev–Trinajstić information content (AvgIpc) is 2.65. The summed E-state index contributed by atoms with van der Waals surface area (Å²) in [6, 6.07) is 7.51. The van der Waals surface area contributed by atoms with Crippen molar-refractivity contribution >= 4 is 11.7 Å². The number of hydrogen-bond acceptors (Lipinski definition) is 5. The molecule has 0 unspecified atom stereocenters. The van der Waals surface area contributed by atoms with E-state index in [-0.39, 0.29) is 6.03 Å². The molecule has 2 saturated heterocycles. The lowest BCUT2D eigenvalue weighted by Gasteiger charge is -2.27. The van der Waals surface area contributed by atoms with Crippen molar-refractivity contribution < 1.29 is 14.3 Å². The number of amides is 2. The molecule has 0 spiro atoms. The van der Waals surface area contributed by atoms with Gasteiger partial charge in [0.05, 0.1) is 13.2 Å². The predicted molar refractivity (Wildman–Crippen MR) is 92.7 cm³/mol. The van der Waals surface area contributed by atoms with Gasteiger partial charge in [0.2, 0.25) is 0 Å². The molecule has 2 heterocycles. The van der Waals surface area contributed by atoms with Crippen molar-refractivity contribution in [1.29, 1.82) is 0 Å². The van der Waals surface area contributed by atoms with Gasteiger partial charge in [-0.15, -0.1) is 0 Å². The third-order valence-corrected chi connectivity index (χ3v) is 4.29. The van der Waals surface area contributed by atoms with Crippen molar-refractivity contribution in [3.8, 4) is 5.75 Å². The van der Waals surface area contributed by atoms with E-state index in [0.717, 1.165) is 70.5 Å². The number of rotatable bonds is 5. The zero-order chi connectivity index (χ0) is 16.6. The van der Waals surface area contributed by atoms with Gasteiger partial charge in [-0.25, -0.2) is 4.79 Å². The van der Waals surface area contributed by atoms with E-state index in [0.29, 0.717) is 6.61 Å². The van der Waals surface area contributed by atoms with Crippen molar-refractivity contribution in [3.05, 3.63) is 24.3 Å². The summed E-state index contributed by atoms with van der Waals surface area (Å²) in [5.41, 5.74) is 0.791. The molecule has 0 saturated carbocycles. The highest BCUT2D eigenvalue weighted by Crippen LogP contribution is 2.16. The molecule has 1 aromatic carbocycles. The molecule has 24 heavy (non-hydrogen) atoms. The molecule has 7 heteroatoms. The molecule has 2 aliphatic heterocycles. The van der Waals surface area contributed by atoms with Crippen LogP contribution in [-0.2, 0) is 4.74 Å². The largest absolute Gasteiger partial charge is 0.492 e. The number of hydrogen-bond donors (Lipinski definition) is 2. The van der Waals surface area contributed by atoms with Gasteiger partial charge in [0.15, 0.2) is 0 Å². The molecule has 3 rings (SSSR count). The highest BCUT2D eigenvalue weighted by molar-refractivity contribution is 5.89. The lowest BCUT2D eigenvalue weighted by Crippen LogP contribution is -2.48. The maximum absolute atomic E-state index is 12.1. The van der Waals surface area contributed by atoms with E-state index in [9.17, 15) is 4.79 Å². The third kappa shape index (κ3) is 5.09. The second kappa shape index (κ2) is 8.86. The quantitative estimate of drug-likeness (QED) is 0.835. The number of anilines is 1. The van der Waals surface area contributed by atoms with Crippen molar-refractivity contribution in [1.82, 2.24) is 15.1 Å². The summed E-state index contributed by atoms with van der Waals surface area (Å²) in [5.74, 6) is 0.823. The van der Waals surface area contributed by atoms with Gasteiger partial charge >= 0.3 is 6.03 Å². The number of carbonyl (C=O) groups is 1. The van der Waals surface area contributed by atoms with Gasteiger partial charge in [0.25, 0.3) is 0 Å². The molecule has 0 radical (unpaired) electrons. The second-order valence-corrected chi connectivity index (χ2v) is 5.99. The number of carbonyl (C=O) groups excluding carboxylic acids is 1. The third-order valence-electron chi connectivity index (χ3n) is 4.29. The van der Waals surface area contributed by atoms with E-state index >= 15 is 0 Å². The lowest BCUT2D eigenvalue weighted by atomic mass is 10.3. The topological polar surface area (TPSA) is 66.1 Å². The summed E-state index contributed by atoms with van der Waals surface area (Å²) in [7, 11) is 0. The zero-order valence-corrected chi connectivity index (χ0v) is 14.0. The Morgan fingerprint density at radius 2 is 1.83 bits per heavy atom. The summed E-state index contributed by atoms with van der Waals surface area (Å²) in [4.78, 5) is 16.3. The molecule has 2 aliphatic rings. The van der Waals surface area contributed by atoms with Gasteiger partial charge < -0.3 is 25.0 Å². The number of ether oxygens (including phenoxy) is 2. The monoisotopic (exact) mass is 334 g/mol. The standard InChI is InChI=1S/C17H26N4O3/c22-17(21-7-5-18-6-8-21)19-15-1-3-16(4-2-15)24-14-11-20-9-12-23-13-10-20/h1-4,18H,5-14H2,(H,19,22). The fraction of sp³-hybridized carbons (Fsp3) is 0.588. The van der Waals surface area contributed by atoms with Crippen LogP contribution in [0.1, 0.15) is 0 Å². The highest BCUT2D eigenvalue weighted by atomic mass is 16.5. The first-order valence-corrected chi connectivity index (χ1v) is 8.61. The minimum atomic E-state index is -0.0440. The van der Waals surface area contributed by atoms with E-state index in [1.54, 1.807) is 0 Å². The van der Waals surface area contributed by atoms with Crippen molar-refractivity contribution in [2.75, 3.05) is 71.0 Å². The Balaban J connectivity index is 1.40. The fourth-order valence-corrected chi connectivity index (χ4v) is 2.82. The summed E-state index contributed by atoms with van der Waals surface area (Å²) < 4.78 is 11.1.